The molecule has 10 heteroatoms. The summed E-state index contributed by atoms with van der Waals surface area (Å²) >= 11 is 0. The van der Waals surface area contributed by atoms with Crippen LogP contribution in [0.2, 0.25) is 0 Å². The van der Waals surface area contributed by atoms with E-state index in [4.69, 9.17) is 23.6 Å². The highest BCUT2D eigenvalue weighted by atomic mass is 31.2. The quantitative estimate of drug-likeness (QED) is 0.0240. The lowest BCUT2D eigenvalue weighted by Gasteiger charge is -2.20. The Balaban J connectivity index is 4.20. The summed E-state index contributed by atoms with van der Waals surface area (Å²) in [6.07, 6.45) is 44.9. The standard InChI is InChI=1S/C44H81O9P/c1-3-5-7-9-11-13-15-17-19-20-21-23-25-27-29-31-33-35-37-50-40-43(41-52-54(48,49)51-39-42(46)38-45)53-44(47)36-34-32-30-28-26-24-22-18-16-14-12-10-8-6-4-2/h5,7,11,13,17,19,21,23,42-43,45-46H,3-4,6,8-10,12,14-16,18,20,22,24-41H2,1-2H3,(H,48,49)/b7-5-,13-11-,19-17-,23-21-. The van der Waals surface area contributed by atoms with Gasteiger partial charge in [0.15, 0.2) is 0 Å². The molecule has 0 aliphatic rings. The molecule has 316 valence electrons. The molecule has 0 aromatic heterocycles. The highest BCUT2D eigenvalue weighted by molar-refractivity contribution is 7.47. The Labute approximate surface area is 330 Å². The van der Waals surface area contributed by atoms with E-state index in [9.17, 15) is 19.4 Å². The number of phosphoric ester groups is 1. The van der Waals surface area contributed by atoms with E-state index in [2.05, 4.69) is 62.5 Å². The van der Waals surface area contributed by atoms with Crippen LogP contribution >= 0.6 is 7.82 Å². The molecule has 0 saturated heterocycles. The van der Waals surface area contributed by atoms with Crippen LogP contribution in [-0.2, 0) is 27.9 Å². The zero-order chi connectivity index (χ0) is 39.6. The van der Waals surface area contributed by atoms with Crippen LogP contribution in [-0.4, -0.2) is 66.3 Å². The van der Waals surface area contributed by atoms with Gasteiger partial charge in [0.05, 0.1) is 26.4 Å². The smallest absolute Gasteiger partial charge is 0.457 e. The number of carbonyl (C=O) groups is 1. The minimum Gasteiger partial charge on any atom is -0.457 e. The number of allylic oxidation sites excluding steroid dienone is 8. The van der Waals surface area contributed by atoms with Crippen molar-refractivity contribution in [2.75, 3.05) is 33.0 Å². The number of phosphoric acid groups is 1. The monoisotopic (exact) mass is 785 g/mol. The van der Waals surface area contributed by atoms with Gasteiger partial charge in [-0.25, -0.2) is 4.57 Å². The minimum absolute atomic E-state index is 0.0374. The molecule has 3 atom stereocenters. The number of esters is 1. The van der Waals surface area contributed by atoms with Gasteiger partial charge < -0.3 is 24.6 Å². The molecule has 0 amide bonds. The molecule has 0 aromatic rings. The zero-order valence-corrected chi connectivity index (χ0v) is 35.3. The van der Waals surface area contributed by atoms with E-state index in [1.807, 2.05) is 0 Å². The lowest BCUT2D eigenvalue weighted by Crippen LogP contribution is -2.29. The molecule has 9 nitrogen and oxygen atoms in total. The summed E-state index contributed by atoms with van der Waals surface area (Å²) in [5.74, 6) is -0.389. The summed E-state index contributed by atoms with van der Waals surface area (Å²) in [6.45, 7) is 3.37. The predicted octanol–water partition coefficient (Wildman–Crippen LogP) is 11.8. The first kappa shape index (κ1) is 52.4. The third-order valence-corrected chi connectivity index (χ3v) is 9.98. The summed E-state index contributed by atoms with van der Waals surface area (Å²) < 4.78 is 33.3. The van der Waals surface area contributed by atoms with E-state index < -0.39 is 33.2 Å². The van der Waals surface area contributed by atoms with Crippen LogP contribution in [0.15, 0.2) is 48.6 Å². The van der Waals surface area contributed by atoms with Crippen molar-refractivity contribution in [2.24, 2.45) is 0 Å². The van der Waals surface area contributed by atoms with Gasteiger partial charge in [-0.1, -0.05) is 172 Å². The molecule has 0 aromatic carbocycles. The van der Waals surface area contributed by atoms with E-state index in [0.717, 1.165) is 83.5 Å². The maximum atomic E-state index is 12.6. The topological polar surface area (TPSA) is 132 Å². The second kappa shape index (κ2) is 41.1. The molecule has 0 fully saturated rings. The molecule has 3 unspecified atom stereocenters. The third-order valence-electron chi connectivity index (χ3n) is 9.03. The Morgan fingerprint density at radius 1 is 0.593 bits per heavy atom. The van der Waals surface area contributed by atoms with Gasteiger partial charge in [-0.3, -0.25) is 13.8 Å². The fraction of sp³-hybridized carbons (Fsp3) is 0.795. The number of carbonyl (C=O) groups excluding carboxylic acids is 1. The van der Waals surface area contributed by atoms with E-state index in [-0.39, 0.29) is 25.6 Å². The summed E-state index contributed by atoms with van der Waals surface area (Å²) in [5.41, 5.74) is 0. The van der Waals surface area contributed by atoms with E-state index in [1.165, 1.54) is 77.0 Å². The normalized spacial score (nSPS) is 14.5. The van der Waals surface area contributed by atoms with Crippen molar-refractivity contribution in [3.63, 3.8) is 0 Å². The fourth-order valence-corrected chi connectivity index (χ4v) is 6.55. The second-order valence-electron chi connectivity index (χ2n) is 14.3. The summed E-state index contributed by atoms with van der Waals surface area (Å²) in [4.78, 5) is 22.6. The molecule has 0 rings (SSSR count). The first-order valence-corrected chi connectivity index (χ1v) is 23.1. The van der Waals surface area contributed by atoms with Crippen LogP contribution in [0, 0.1) is 0 Å². The Morgan fingerprint density at radius 2 is 1.06 bits per heavy atom. The van der Waals surface area contributed by atoms with Crippen LogP contribution in [0.5, 0.6) is 0 Å². The number of rotatable bonds is 41. The van der Waals surface area contributed by atoms with Gasteiger partial charge in [0, 0.05) is 13.0 Å². The number of ether oxygens (including phenoxy) is 2. The van der Waals surface area contributed by atoms with Crippen molar-refractivity contribution in [2.45, 2.75) is 193 Å². The van der Waals surface area contributed by atoms with Gasteiger partial charge >= 0.3 is 13.8 Å². The maximum Gasteiger partial charge on any atom is 0.472 e. The largest absolute Gasteiger partial charge is 0.472 e. The van der Waals surface area contributed by atoms with Gasteiger partial charge in [-0.2, -0.15) is 0 Å². The zero-order valence-electron chi connectivity index (χ0n) is 34.4. The van der Waals surface area contributed by atoms with Gasteiger partial charge in [-0.05, 0) is 51.4 Å². The van der Waals surface area contributed by atoms with Gasteiger partial charge in [0.2, 0.25) is 0 Å². The molecule has 0 spiro atoms. The van der Waals surface area contributed by atoms with Crippen LogP contribution in [0.4, 0.5) is 0 Å². The highest BCUT2D eigenvalue weighted by Gasteiger charge is 2.26. The van der Waals surface area contributed by atoms with E-state index in [0.29, 0.717) is 6.61 Å². The SMILES string of the molecule is CC/C=C\C/C=C\C/C=C\C/C=C\CCCCCCCOCC(COP(=O)(O)OCC(O)CO)OC(=O)CCCCCCCCCCCCCCCCC. The van der Waals surface area contributed by atoms with Crippen LogP contribution in [0.25, 0.3) is 0 Å². The molecule has 0 heterocycles. The van der Waals surface area contributed by atoms with Crippen LogP contribution < -0.4 is 0 Å². The molecule has 0 radical (unpaired) electrons. The summed E-state index contributed by atoms with van der Waals surface area (Å²) in [5, 5.41) is 18.3. The molecular formula is C44H81O9P. The van der Waals surface area contributed by atoms with E-state index >= 15 is 0 Å². The lowest BCUT2D eigenvalue weighted by molar-refractivity contribution is -0.154. The van der Waals surface area contributed by atoms with Crippen molar-refractivity contribution >= 4 is 13.8 Å². The van der Waals surface area contributed by atoms with Gasteiger partial charge in [-0.15, -0.1) is 0 Å². The average Bonchev–Trinajstić information content (AvgIpc) is 3.16. The second-order valence-corrected chi connectivity index (χ2v) is 15.8. The molecule has 0 aliphatic carbocycles. The molecule has 0 bridgehead atoms. The third kappa shape index (κ3) is 40.1. The van der Waals surface area contributed by atoms with Crippen molar-refractivity contribution < 1.29 is 43.0 Å². The molecule has 3 N–H and O–H groups in total. The number of aliphatic hydroxyl groups is 2. The first-order valence-electron chi connectivity index (χ1n) is 21.6. The lowest BCUT2D eigenvalue weighted by atomic mass is 10.0. The Morgan fingerprint density at radius 3 is 1.59 bits per heavy atom. The number of aliphatic hydroxyl groups excluding tert-OH is 2. The molecule has 0 saturated carbocycles. The number of hydrogen-bond acceptors (Lipinski definition) is 8. The van der Waals surface area contributed by atoms with Crippen LogP contribution in [0.3, 0.4) is 0 Å². The summed E-state index contributed by atoms with van der Waals surface area (Å²) in [6, 6.07) is 0. The highest BCUT2D eigenvalue weighted by Crippen LogP contribution is 2.43. The van der Waals surface area contributed by atoms with Crippen molar-refractivity contribution in [1.82, 2.24) is 0 Å². The van der Waals surface area contributed by atoms with Crippen molar-refractivity contribution in [1.29, 1.82) is 0 Å². The molecule has 54 heavy (non-hydrogen) atoms. The van der Waals surface area contributed by atoms with Crippen LogP contribution in [0.1, 0.15) is 181 Å². The van der Waals surface area contributed by atoms with Gasteiger partial charge in [0.25, 0.3) is 0 Å². The maximum absolute atomic E-state index is 12.6. The summed E-state index contributed by atoms with van der Waals surface area (Å²) in [7, 11) is -4.52. The Kier molecular flexibility index (Phi) is 39.9. The first-order chi connectivity index (χ1) is 26.3. The predicted molar refractivity (Wildman–Crippen MR) is 223 cm³/mol. The molecule has 0 aliphatic heterocycles. The van der Waals surface area contributed by atoms with E-state index in [1.54, 1.807) is 0 Å². The average molecular weight is 785 g/mol. The number of unbranched alkanes of at least 4 members (excludes halogenated alkanes) is 19. The molecular weight excluding hydrogens is 703 g/mol. The Hall–Kier alpha value is -1.58. The van der Waals surface area contributed by atoms with Gasteiger partial charge in [0.1, 0.15) is 12.2 Å². The fourth-order valence-electron chi connectivity index (χ4n) is 5.76. The van der Waals surface area contributed by atoms with Crippen molar-refractivity contribution in [3.8, 4) is 0 Å². The number of hydrogen-bond donors (Lipinski definition) is 3. The van der Waals surface area contributed by atoms with Crippen molar-refractivity contribution in [3.05, 3.63) is 48.6 Å². The minimum atomic E-state index is -4.52. The Bertz CT molecular complexity index is 981.